The SMILES string of the molecule is CCN(CC(=O)O)C1CC(NC(=O)C2CC2c2cccc(Cl)c2)C1. The van der Waals surface area contributed by atoms with Crippen LogP contribution >= 0.6 is 11.6 Å². The molecule has 0 heterocycles. The fourth-order valence-corrected chi connectivity index (χ4v) is 3.77. The maximum absolute atomic E-state index is 12.3. The van der Waals surface area contributed by atoms with Crippen molar-refractivity contribution in [3.63, 3.8) is 0 Å². The molecule has 6 heteroatoms. The zero-order chi connectivity index (χ0) is 17.3. The molecule has 5 nitrogen and oxygen atoms in total. The lowest BCUT2D eigenvalue weighted by molar-refractivity contribution is -0.139. The van der Waals surface area contributed by atoms with E-state index in [1.165, 1.54) is 0 Å². The number of likely N-dealkylation sites (N-methyl/N-ethyl adjacent to an activating group) is 1. The van der Waals surface area contributed by atoms with Gasteiger partial charge in [0.1, 0.15) is 0 Å². The molecular weight excluding hydrogens is 328 g/mol. The van der Waals surface area contributed by atoms with Crippen molar-refractivity contribution in [2.75, 3.05) is 13.1 Å². The number of amides is 1. The summed E-state index contributed by atoms with van der Waals surface area (Å²) in [7, 11) is 0. The first-order chi connectivity index (χ1) is 11.5. The highest BCUT2D eigenvalue weighted by atomic mass is 35.5. The van der Waals surface area contributed by atoms with Gasteiger partial charge in [0.05, 0.1) is 6.54 Å². The Morgan fingerprint density at radius 1 is 1.33 bits per heavy atom. The molecule has 0 aromatic heterocycles. The molecule has 24 heavy (non-hydrogen) atoms. The summed E-state index contributed by atoms with van der Waals surface area (Å²) in [5, 5.41) is 12.7. The van der Waals surface area contributed by atoms with Crippen molar-refractivity contribution in [2.45, 2.75) is 44.2 Å². The molecule has 130 valence electrons. The Morgan fingerprint density at radius 3 is 2.71 bits per heavy atom. The maximum Gasteiger partial charge on any atom is 0.317 e. The summed E-state index contributed by atoms with van der Waals surface area (Å²) in [6.07, 6.45) is 2.55. The van der Waals surface area contributed by atoms with Crippen molar-refractivity contribution < 1.29 is 14.7 Å². The van der Waals surface area contributed by atoms with Crippen molar-refractivity contribution >= 4 is 23.5 Å². The zero-order valence-electron chi connectivity index (χ0n) is 13.7. The Kier molecular flexibility index (Phi) is 5.11. The van der Waals surface area contributed by atoms with Gasteiger partial charge in [-0.05, 0) is 49.4 Å². The lowest BCUT2D eigenvalue weighted by Gasteiger charge is -2.42. The summed E-state index contributed by atoms with van der Waals surface area (Å²) in [5.41, 5.74) is 1.13. The molecule has 0 aliphatic heterocycles. The molecule has 2 aliphatic rings. The normalized spacial score (nSPS) is 28.3. The minimum Gasteiger partial charge on any atom is -0.480 e. The van der Waals surface area contributed by atoms with Crippen molar-refractivity contribution in [3.8, 4) is 0 Å². The number of hydrogen-bond donors (Lipinski definition) is 2. The molecule has 1 aromatic carbocycles. The second-order valence-corrected chi connectivity index (χ2v) is 7.23. The molecule has 0 saturated heterocycles. The van der Waals surface area contributed by atoms with E-state index in [2.05, 4.69) is 5.32 Å². The Morgan fingerprint density at radius 2 is 2.08 bits per heavy atom. The quantitative estimate of drug-likeness (QED) is 0.792. The van der Waals surface area contributed by atoms with Crippen molar-refractivity contribution in [2.24, 2.45) is 5.92 Å². The molecule has 1 amide bonds. The van der Waals surface area contributed by atoms with Gasteiger partial charge in [-0.25, -0.2) is 0 Å². The Hall–Kier alpha value is -1.59. The van der Waals surface area contributed by atoms with Crippen LogP contribution in [0.3, 0.4) is 0 Å². The van der Waals surface area contributed by atoms with E-state index in [9.17, 15) is 9.59 Å². The largest absolute Gasteiger partial charge is 0.480 e. The second kappa shape index (κ2) is 7.11. The van der Waals surface area contributed by atoms with Crippen LogP contribution in [-0.4, -0.2) is 47.1 Å². The molecule has 2 N–H and O–H groups in total. The van der Waals surface area contributed by atoms with Crippen LogP contribution in [0.5, 0.6) is 0 Å². The number of carboxylic acids is 1. The number of benzene rings is 1. The highest BCUT2D eigenvalue weighted by Crippen LogP contribution is 2.48. The van der Waals surface area contributed by atoms with Gasteiger partial charge in [-0.2, -0.15) is 0 Å². The van der Waals surface area contributed by atoms with Gasteiger partial charge < -0.3 is 10.4 Å². The van der Waals surface area contributed by atoms with E-state index in [1.54, 1.807) is 0 Å². The molecular formula is C18H23ClN2O3. The van der Waals surface area contributed by atoms with Gasteiger partial charge in [0.2, 0.25) is 5.91 Å². The third-order valence-corrected chi connectivity index (χ3v) is 5.36. The molecule has 2 aliphatic carbocycles. The first kappa shape index (κ1) is 17.2. The first-order valence-electron chi connectivity index (χ1n) is 8.49. The molecule has 1 aromatic rings. The minimum atomic E-state index is -0.799. The smallest absolute Gasteiger partial charge is 0.317 e. The fraction of sp³-hybridized carbons (Fsp3) is 0.556. The van der Waals surface area contributed by atoms with E-state index < -0.39 is 5.97 Å². The zero-order valence-corrected chi connectivity index (χ0v) is 14.5. The number of hydrogen-bond acceptors (Lipinski definition) is 3. The maximum atomic E-state index is 12.3. The number of carbonyl (C=O) groups excluding carboxylic acids is 1. The number of halogens is 1. The second-order valence-electron chi connectivity index (χ2n) is 6.79. The van der Waals surface area contributed by atoms with E-state index in [0.717, 1.165) is 31.4 Å². The van der Waals surface area contributed by atoms with E-state index in [1.807, 2.05) is 36.1 Å². The molecule has 2 unspecified atom stereocenters. The van der Waals surface area contributed by atoms with Crippen LogP contribution in [0.15, 0.2) is 24.3 Å². The summed E-state index contributed by atoms with van der Waals surface area (Å²) < 4.78 is 0. The van der Waals surface area contributed by atoms with E-state index in [-0.39, 0.29) is 36.4 Å². The number of rotatable bonds is 7. The molecule has 2 saturated carbocycles. The summed E-state index contributed by atoms with van der Waals surface area (Å²) >= 11 is 6.01. The molecule has 2 atom stereocenters. The summed E-state index contributed by atoms with van der Waals surface area (Å²) in [4.78, 5) is 25.1. The van der Waals surface area contributed by atoms with Crippen molar-refractivity contribution in [1.29, 1.82) is 0 Å². The van der Waals surface area contributed by atoms with E-state index >= 15 is 0 Å². The molecule has 2 fully saturated rings. The van der Waals surface area contributed by atoms with Crippen molar-refractivity contribution in [3.05, 3.63) is 34.9 Å². The lowest BCUT2D eigenvalue weighted by Crippen LogP contribution is -2.55. The number of aliphatic carboxylic acids is 1. The van der Waals surface area contributed by atoms with Gasteiger partial charge >= 0.3 is 5.97 Å². The Labute approximate surface area is 147 Å². The van der Waals surface area contributed by atoms with Gasteiger partial charge in [0.15, 0.2) is 0 Å². The van der Waals surface area contributed by atoms with Gasteiger partial charge in [-0.1, -0.05) is 30.7 Å². The number of nitrogens with zero attached hydrogens (tertiary/aromatic N) is 1. The molecule has 0 bridgehead atoms. The highest BCUT2D eigenvalue weighted by Gasteiger charge is 2.45. The predicted octanol–water partition coefficient (Wildman–Crippen LogP) is 2.50. The fourth-order valence-electron chi connectivity index (χ4n) is 3.58. The van der Waals surface area contributed by atoms with Crippen LogP contribution < -0.4 is 5.32 Å². The first-order valence-corrected chi connectivity index (χ1v) is 8.87. The van der Waals surface area contributed by atoms with Gasteiger partial charge in [0, 0.05) is 23.0 Å². The summed E-state index contributed by atoms with van der Waals surface area (Å²) in [5.74, 6) is -0.362. The number of carbonyl (C=O) groups is 2. The van der Waals surface area contributed by atoms with Crippen LogP contribution in [0.25, 0.3) is 0 Å². The Bertz CT molecular complexity index is 630. The molecule has 0 radical (unpaired) electrons. The molecule has 0 spiro atoms. The lowest BCUT2D eigenvalue weighted by atomic mass is 9.85. The average molecular weight is 351 g/mol. The third kappa shape index (κ3) is 3.90. The average Bonchev–Trinajstić information content (AvgIpc) is 3.28. The monoisotopic (exact) mass is 350 g/mol. The predicted molar refractivity (Wildman–Crippen MR) is 92.1 cm³/mol. The van der Waals surface area contributed by atoms with Crippen molar-refractivity contribution in [1.82, 2.24) is 10.2 Å². The minimum absolute atomic E-state index is 0.0452. The van der Waals surface area contributed by atoms with Gasteiger partial charge in [0.25, 0.3) is 0 Å². The highest BCUT2D eigenvalue weighted by molar-refractivity contribution is 6.30. The summed E-state index contributed by atoms with van der Waals surface area (Å²) in [6.45, 7) is 2.76. The number of carboxylic acid groups (broad SMARTS) is 1. The standard InChI is InChI=1S/C18H23ClN2O3/c1-2-21(10-17(22)23)14-7-13(8-14)20-18(24)16-9-15(16)11-4-3-5-12(19)6-11/h3-6,13-16H,2,7-10H2,1H3,(H,20,24)(H,22,23). The third-order valence-electron chi connectivity index (χ3n) is 5.12. The van der Waals surface area contributed by atoms with Crippen LogP contribution in [0, 0.1) is 5.92 Å². The van der Waals surface area contributed by atoms with Crippen LogP contribution in [-0.2, 0) is 9.59 Å². The summed E-state index contributed by atoms with van der Waals surface area (Å²) in [6, 6.07) is 8.15. The van der Waals surface area contributed by atoms with E-state index in [4.69, 9.17) is 16.7 Å². The number of nitrogens with one attached hydrogen (secondary N) is 1. The van der Waals surface area contributed by atoms with Crippen LogP contribution in [0.2, 0.25) is 5.02 Å². The van der Waals surface area contributed by atoms with Crippen LogP contribution in [0.1, 0.15) is 37.7 Å². The van der Waals surface area contributed by atoms with Gasteiger partial charge in [-0.15, -0.1) is 0 Å². The Balaban J connectivity index is 1.44. The molecule has 3 rings (SSSR count). The van der Waals surface area contributed by atoms with Gasteiger partial charge in [-0.3, -0.25) is 14.5 Å². The topological polar surface area (TPSA) is 69.6 Å². The van der Waals surface area contributed by atoms with E-state index in [0.29, 0.717) is 5.02 Å². The van der Waals surface area contributed by atoms with Crippen LogP contribution in [0.4, 0.5) is 0 Å².